The molecule has 0 bridgehead atoms. The van der Waals surface area contributed by atoms with Crippen LogP contribution in [0.25, 0.3) is 0 Å². The molecule has 0 aromatic heterocycles. The third-order valence-corrected chi connectivity index (χ3v) is 3.02. The van der Waals surface area contributed by atoms with E-state index in [9.17, 15) is 0 Å². The van der Waals surface area contributed by atoms with Gasteiger partial charge in [0.25, 0.3) is 0 Å². The van der Waals surface area contributed by atoms with Gasteiger partial charge in [-0.1, -0.05) is 5.92 Å². The van der Waals surface area contributed by atoms with E-state index in [1.165, 1.54) is 6.08 Å². The van der Waals surface area contributed by atoms with Crippen LogP contribution < -0.4 is 4.74 Å². The average molecular weight is 282 g/mol. The highest BCUT2D eigenvalue weighted by Crippen LogP contribution is 2.14. The van der Waals surface area contributed by atoms with Gasteiger partial charge < -0.3 is 9.64 Å². The lowest BCUT2D eigenvalue weighted by Gasteiger charge is -2.32. The Kier molecular flexibility index (Phi) is 6.37. The van der Waals surface area contributed by atoms with Gasteiger partial charge in [-0.3, -0.25) is 0 Å². The number of ether oxygens (including phenoxy) is 1. The highest BCUT2D eigenvalue weighted by atomic mass is 16.5. The summed E-state index contributed by atoms with van der Waals surface area (Å²) in [5, 5.41) is 8.98. The Balaban J connectivity index is 3.07. The van der Waals surface area contributed by atoms with Gasteiger partial charge in [-0.2, -0.15) is 5.26 Å². The Morgan fingerprint density at radius 3 is 2.14 bits per heavy atom. The van der Waals surface area contributed by atoms with Crippen molar-refractivity contribution in [1.29, 1.82) is 5.26 Å². The number of rotatable bonds is 4. The van der Waals surface area contributed by atoms with Crippen LogP contribution >= 0.6 is 0 Å². The lowest BCUT2D eigenvalue weighted by atomic mass is 10.1. The van der Waals surface area contributed by atoms with Gasteiger partial charge in [0, 0.05) is 23.7 Å². The fourth-order valence-corrected chi connectivity index (χ4v) is 2.20. The highest BCUT2D eigenvalue weighted by Gasteiger charge is 2.15. The van der Waals surface area contributed by atoms with Crippen LogP contribution in [-0.4, -0.2) is 24.1 Å². The molecule has 0 radical (unpaired) electrons. The van der Waals surface area contributed by atoms with Crippen molar-refractivity contribution in [2.75, 3.05) is 7.11 Å². The van der Waals surface area contributed by atoms with E-state index in [-0.39, 0.29) is 12.1 Å². The molecular weight excluding hydrogens is 260 g/mol. The summed E-state index contributed by atoms with van der Waals surface area (Å²) in [5.41, 5.74) is 1.64. The van der Waals surface area contributed by atoms with Crippen LogP contribution in [0, 0.1) is 23.2 Å². The Morgan fingerprint density at radius 2 is 1.71 bits per heavy atom. The molecule has 0 fully saturated rings. The molecule has 0 amide bonds. The molecule has 0 N–H and O–H groups in total. The van der Waals surface area contributed by atoms with Crippen molar-refractivity contribution in [2.24, 2.45) is 0 Å². The maximum Gasteiger partial charge on any atom is 0.118 e. The second-order valence-corrected chi connectivity index (χ2v) is 5.23. The maximum absolute atomic E-state index is 8.98. The predicted octanol–water partition coefficient (Wildman–Crippen LogP) is 3.57. The quantitative estimate of drug-likeness (QED) is 0.625. The number of allylic oxidation sites excluding steroid dienone is 2. The predicted molar refractivity (Wildman–Crippen MR) is 85.7 cm³/mol. The molecule has 0 unspecified atom stereocenters. The smallest absolute Gasteiger partial charge is 0.118 e. The summed E-state index contributed by atoms with van der Waals surface area (Å²) in [5.74, 6) is 7.02. The van der Waals surface area contributed by atoms with E-state index in [1.807, 2.05) is 24.3 Å². The van der Waals surface area contributed by atoms with Crippen molar-refractivity contribution in [3.8, 4) is 23.7 Å². The first-order chi connectivity index (χ1) is 9.99. The van der Waals surface area contributed by atoms with E-state index in [0.29, 0.717) is 0 Å². The van der Waals surface area contributed by atoms with Crippen LogP contribution in [0.15, 0.2) is 36.0 Å². The lowest BCUT2D eigenvalue weighted by Crippen LogP contribution is -2.35. The van der Waals surface area contributed by atoms with Crippen LogP contribution in [0.3, 0.4) is 0 Å². The number of hydrogen-bond donors (Lipinski definition) is 0. The topological polar surface area (TPSA) is 36.3 Å². The van der Waals surface area contributed by atoms with Gasteiger partial charge in [-0.15, -0.1) is 0 Å². The number of nitriles is 1. The van der Waals surface area contributed by atoms with E-state index in [0.717, 1.165) is 17.0 Å². The first-order valence-electron chi connectivity index (χ1n) is 7.03. The summed E-state index contributed by atoms with van der Waals surface area (Å²) in [7, 11) is 1.64. The van der Waals surface area contributed by atoms with Gasteiger partial charge >= 0.3 is 0 Å². The zero-order valence-corrected chi connectivity index (χ0v) is 13.3. The number of methoxy groups -OCH3 is 1. The highest BCUT2D eigenvalue weighted by molar-refractivity contribution is 5.43. The third kappa shape index (κ3) is 4.89. The molecule has 0 aliphatic carbocycles. The summed E-state index contributed by atoms with van der Waals surface area (Å²) in [6, 6.07) is 10.2. The van der Waals surface area contributed by atoms with Gasteiger partial charge in [-0.25, -0.2) is 0 Å². The second kappa shape index (κ2) is 8.02. The van der Waals surface area contributed by atoms with Gasteiger partial charge in [0.05, 0.1) is 18.9 Å². The Bertz CT molecular complexity index is 572. The standard InChI is InChI=1S/C18H22N2O/c1-14(2)20(15(3)4)17(12-13-19)9-6-16-7-10-18(21-5)11-8-16/h7-8,10-12,14-15H,1-5H3/b17-12-. The maximum atomic E-state index is 8.98. The third-order valence-electron chi connectivity index (χ3n) is 3.02. The van der Waals surface area contributed by atoms with Crippen molar-refractivity contribution in [3.63, 3.8) is 0 Å². The molecule has 3 heteroatoms. The van der Waals surface area contributed by atoms with Crippen LogP contribution in [0.2, 0.25) is 0 Å². The summed E-state index contributed by atoms with van der Waals surface area (Å²) >= 11 is 0. The van der Waals surface area contributed by atoms with Crippen molar-refractivity contribution in [2.45, 2.75) is 39.8 Å². The molecule has 0 aliphatic rings. The Labute approximate surface area is 127 Å². The molecule has 1 aromatic carbocycles. The summed E-state index contributed by atoms with van der Waals surface area (Å²) in [6.45, 7) is 8.39. The lowest BCUT2D eigenvalue weighted by molar-refractivity contribution is 0.242. The average Bonchev–Trinajstić information content (AvgIpc) is 2.44. The number of hydrogen-bond acceptors (Lipinski definition) is 3. The molecule has 0 saturated carbocycles. The van der Waals surface area contributed by atoms with Crippen LogP contribution in [0.1, 0.15) is 33.3 Å². The van der Waals surface area contributed by atoms with Gasteiger partial charge in [0.15, 0.2) is 0 Å². The van der Waals surface area contributed by atoms with E-state index < -0.39 is 0 Å². The molecule has 0 heterocycles. The first kappa shape index (κ1) is 16.7. The van der Waals surface area contributed by atoms with E-state index >= 15 is 0 Å². The van der Waals surface area contributed by atoms with Gasteiger partial charge in [-0.05, 0) is 57.9 Å². The van der Waals surface area contributed by atoms with E-state index in [1.54, 1.807) is 7.11 Å². The number of nitrogens with zero attached hydrogens (tertiary/aromatic N) is 2. The molecule has 1 aromatic rings. The molecule has 3 nitrogen and oxygen atoms in total. The zero-order chi connectivity index (χ0) is 15.8. The fraction of sp³-hybridized carbons (Fsp3) is 0.389. The molecule has 0 atom stereocenters. The normalized spacial score (nSPS) is 10.9. The molecule has 0 saturated heterocycles. The van der Waals surface area contributed by atoms with Gasteiger partial charge in [0.2, 0.25) is 0 Å². The minimum absolute atomic E-state index is 0.287. The van der Waals surface area contributed by atoms with Crippen LogP contribution in [0.4, 0.5) is 0 Å². The van der Waals surface area contributed by atoms with E-state index in [2.05, 4.69) is 50.5 Å². The monoisotopic (exact) mass is 282 g/mol. The molecule has 21 heavy (non-hydrogen) atoms. The van der Waals surface area contributed by atoms with Crippen molar-refractivity contribution in [3.05, 3.63) is 41.6 Å². The van der Waals surface area contributed by atoms with Crippen molar-refractivity contribution in [1.82, 2.24) is 4.90 Å². The molecule has 1 rings (SSSR count). The van der Waals surface area contributed by atoms with E-state index in [4.69, 9.17) is 10.00 Å². The fourth-order valence-electron chi connectivity index (χ4n) is 2.20. The van der Waals surface area contributed by atoms with Crippen molar-refractivity contribution < 1.29 is 4.74 Å². The van der Waals surface area contributed by atoms with Gasteiger partial charge in [0.1, 0.15) is 5.75 Å². The first-order valence-corrected chi connectivity index (χ1v) is 7.03. The van der Waals surface area contributed by atoms with Crippen LogP contribution in [-0.2, 0) is 0 Å². The van der Waals surface area contributed by atoms with Crippen molar-refractivity contribution >= 4 is 0 Å². The summed E-state index contributed by atoms with van der Waals surface area (Å²) in [6.07, 6.45) is 1.51. The van der Waals surface area contributed by atoms with Crippen LogP contribution in [0.5, 0.6) is 5.75 Å². The Morgan fingerprint density at radius 1 is 1.14 bits per heavy atom. The number of benzene rings is 1. The minimum Gasteiger partial charge on any atom is -0.497 e. The second-order valence-electron chi connectivity index (χ2n) is 5.23. The summed E-state index contributed by atoms with van der Waals surface area (Å²) in [4.78, 5) is 2.14. The summed E-state index contributed by atoms with van der Waals surface area (Å²) < 4.78 is 5.12. The minimum atomic E-state index is 0.287. The largest absolute Gasteiger partial charge is 0.497 e. The zero-order valence-electron chi connectivity index (χ0n) is 13.3. The Hall–Kier alpha value is -2.39. The molecule has 110 valence electrons. The SMILES string of the molecule is COc1ccc(C#C/C(=C/C#N)N(C(C)C)C(C)C)cc1. The molecule has 0 spiro atoms. The molecule has 0 aliphatic heterocycles. The molecular formula is C18H22N2O.